The molecule has 0 radical (unpaired) electrons. The van der Waals surface area contributed by atoms with E-state index >= 15 is 0 Å². The molecule has 1 heterocycles. The number of benzene rings is 1. The summed E-state index contributed by atoms with van der Waals surface area (Å²) in [6.45, 7) is 8.44. The summed E-state index contributed by atoms with van der Waals surface area (Å²) in [4.78, 5) is 0. The van der Waals surface area contributed by atoms with Gasteiger partial charge in [-0.3, -0.25) is 0 Å². The lowest BCUT2D eigenvalue weighted by atomic mass is 9.85. The number of unbranched alkanes of at least 4 members (excludes halogenated alkanes) is 6. The van der Waals surface area contributed by atoms with E-state index in [0.29, 0.717) is 0 Å². The van der Waals surface area contributed by atoms with Gasteiger partial charge in [0.05, 0.1) is 13.2 Å². The Kier molecular flexibility index (Phi) is 8.98. The number of hydrogen-bond donors (Lipinski definition) is 0. The molecular weight excluding hydrogens is 308 g/mol. The maximum atomic E-state index is 6.07. The van der Waals surface area contributed by atoms with Crippen molar-refractivity contribution in [3.8, 4) is 0 Å². The van der Waals surface area contributed by atoms with Crippen LogP contribution in [0.5, 0.6) is 0 Å². The molecule has 1 aliphatic rings. The third-order valence-electron chi connectivity index (χ3n) is 5.37. The molecule has 0 spiro atoms. The van der Waals surface area contributed by atoms with Crippen molar-refractivity contribution in [2.24, 2.45) is 5.41 Å². The summed E-state index contributed by atoms with van der Waals surface area (Å²) in [5.74, 6) is 0. The van der Waals surface area contributed by atoms with E-state index in [0.717, 1.165) is 18.8 Å². The predicted molar refractivity (Wildman–Crippen MR) is 106 cm³/mol. The van der Waals surface area contributed by atoms with Crippen LogP contribution in [-0.4, -0.2) is 13.2 Å². The summed E-state index contributed by atoms with van der Waals surface area (Å²) in [6.07, 6.45) is 12.7. The highest BCUT2D eigenvalue weighted by Crippen LogP contribution is 2.35. The third-order valence-corrected chi connectivity index (χ3v) is 5.37. The second kappa shape index (κ2) is 11.0. The summed E-state index contributed by atoms with van der Waals surface area (Å²) >= 11 is 0. The zero-order valence-corrected chi connectivity index (χ0v) is 16.7. The smallest absolute Gasteiger partial charge is 0.183 e. The zero-order chi connectivity index (χ0) is 18.0. The van der Waals surface area contributed by atoms with E-state index in [-0.39, 0.29) is 11.7 Å². The Hall–Kier alpha value is -0.860. The van der Waals surface area contributed by atoms with Gasteiger partial charge in [-0.25, -0.2) is 0 Å². The Morgan fingerprint density at radius 2 is 1.44 bits per heavy atom. The molecule has 1 aromatic carbocycles. The first kappa shape index (κ1) is 20.5. The molecule has 0 aliphatic carbocycles. The van der Waals surface area contributed by atoms with Crippen molar-refractivity contribution in [3.05, 3.63) is 35.4 Å². The molecule has 1 aromatic rings. The highest BCUT2D eigenvalue weighted by Gasteiger charge is 2.32. The Morgan fingerprint density at radius 1 is 0.840 bits per heavy atom. The van der Waals surface area contributed by atoms with Crippen LogP contribution in [0.4, 0.5) is 0 Å². The topological polar surface area (TPSA) is 18.5 Å². The Balaban J connectivity index is 1.73. The minimum absolute atomic E-state index is 0.183. The van der Waals surface area contributed by atoms with Gasteiger partial charge in [-0.05, 0) is 24.8 Å². The lowest BCUT2D eigenvalue weighted by molar-refractivity contribution is -0.232. The second-order valence-electron chi connectivity index (χ2n) is 8.13. The molecule has 0 unspecified atom stereocenters. The lowest BCUT2D eigenvalue weighted by Gasteiger charge is -2.37. The van der Waals surface area contributed by atoms with Gasteiger partial charge in [0.1, 0.15) is 0 Å². The van der Waals surface area contributed by atoms with E-state index in [1.165, 1.54) is 69.8 Å². The zero-order valence-electron chi connectivity index (χ0n) is 16.7. The van der Waals surface area contributed by atoms with Crippen LogP contribution < -0.4 is 0 Å². The van der Waals surface area contributed by atoms with Crippen LogP contribution in [0.1, 0.15) is 96.0 Å². The van der Waals surface area contributed by atoms with Crippen molar-refractivity contribution in [1.29, 1.82) is 0 Å². The van der Waals surface area contributed by atoms with Crippen LogP contribution >= 0.6 is 0 Å². The van der Waals surface area contributed by atoms with Gasteiger partial charge in [-0.15, -0.1) is 0 Å². The summed E-state index contributed by atoms with van der Waals surface area (Å²) in [5, 5.41) is 0. The predicted octanol–water partition coefficient (Wildman–Crippen LogP) is 6.83. The molecule has 1 aliphatic heterocycles. The molecule has 142 valence electrons. The third kappa shape index (κ3) is 7.11. The molecule has 0 N–H and O–H groups in total. The summed E-state index contributed by atoms with van der Waals surface area (Å²) in [7, 11) is 0. The molecule has 0 aromatic heterocycles. The van der Waals surface area contributed by atoms with Gasteiger partial charge >= 0.3 is 0 Å². The SMILES string of the molecule is CCCCCCCC1(C)COC(c2ccc(CCCCC)cc2)OC1. The van der Waals surface area contributed by atoms with Gasteiger partial charge in [0.2, 0.25) is 0 Å². The first-order valence-electron chi connectivity index (χ1n) is 10.5. The molecule has 25 heavy (non-hydrogen) atoms. The van der Waals surface area contributed by atoms with Gasteiger partial charge < -0.3 is 9.47 Å². The first-order valence-corrected chi connectivity index (χ1v) is 10.5. The molecule has 0 saturated carbocycles. The largest absolute Gasteiger partial charge is 0.348 e. The van der Waals surface area contributed by atoms with Crippen LogP contribution in [0.25, 0.3) is 0 Å². The summed E-state index contributed by atoms with van der Waals surface area (Å²) < 4.78 is 12.1. The molecule has 0 atom stereocenters. The van der Waals surface area contributed by atoms with E-state index in [9.17, 15) is 0 Å². The van der Waals surface area contributed by atoms with Crippen LogP contribution in [0, 0.1) is 5.41 Å². The number of aryl methyl sites for hydroxylation is 1. The number of ether oxygens (including phenoxy) is 2. The second-order valence-corrected chi connectivity index (χ2v) is 8.13. The molecular formula is C23H38O2. The Morgan fingerprint density at radius 3 is 2.08 bits per heavy atom. The van der Waals surface area contributed by atoms with Gasteiger partial charge in [-0.1, -0.05) is 90.0 Å². The Labute approximate surface area is 155 Å². The fraction of sp³-hybridized carbons (Fsp3) is 0.739. The van der Waals surface area contributed by atoms with Crippen LogP contribution in [-0.2, 0) is 15.9 Å². The highest BCUT2D eigenvalue weighted by molar-refractivity contribution is 5.23. The molecule has 2 rings (SSSR count). The van der Waals surface area contributed by atoms with Crippen molar-refractivity contribution < 1.29 is 9.47 Å². The average molecular weight is 347 g/mol. The van der Waals surface area contributed by atoms with Gasteiger partial charge in [0, 0.05) is 11.0 Å². The molecule has 1 saturated heterocycles. The minimum Gasteiger partial charge on any atom is -0.348 e. The molecule has 0 bridgehead atoms. The number of hydrogen-bond acceptors (Lipinski definition) is 2. The maximum absolute atomic E-state index is 6.07. The van der Waals surface area contributed by atoms with Crippen LogP contribution in [0.3, 0.4) is 0 Å². The first-order chi connectivity index (χ1) is 12.2. The van der Waals surface area contributed by atoms with Crippen molar-refractivity contribution in [3.63, 3.8) is 0 Å². The molecule has 2 heteroatoms. The van der Waals surface area contributed by atoms with E-state index in [4.69, 9.17) is 9.47 Å². The van der Waals surface area contributed by atoms with Crippen molar-refractivity contribution in [2.75, 3.05) is 13.2 Å². The average Bonchev–Trinajstić information content (AvgIpc) is 2.63. The van der Waals surface area contributed by atoms with Crippen molar-refractivity contribution >= 4 is 0 Å². The van der Waals surface area contributed by atoms with Crippen molar-refractivity contribution in [1.82, 2.24) is 0 Å². The maximum Gasteiger partial charge on any atom is 0.183 e. The highest BCUT2D eigenvalue weighted by atomic mass is 16.7. The van der Waals surface area contributed by atoms with Crippen LogP contribution in [0.2, 0.25) is 0 Å². The Bertz CT molecular complexity index is 457. The number of rotatable bonds is 11. The van der Waals surface area contributed by atoms with Gasteiger partial charge in [0.25, 0.3) is 0 Å². The van der Waals surface area contributed by atoms with E-state index in [1.807, 2.05) is 0 Å². The van der Waals surface area contributed by atoms with Gasteiger partial charge in [0.15, 0.2) is 6.29 Å². The quantitative estimate of drug-likeness (QED) is 0.409. The lowest BCUT2D eigenvalue weighted by Crippen LogP contribution is -2.36. The van der Waals surface area contributed by atoms with E-state index in [2.05, 4.69) is 45.0 Å². The van der Waals surface area contributed by atoms with Crippen molar-refractivity contribution in [2.45, 2.75) is 91.3 Å². The van der Waals surface area contributed by atoms with Crippen LogP contribution in [0.15, 0.2) is 24.3 Å². The normalized spacial score (nSPS) is 23.7. The molecule has 2 nitrogen and oxygen atoms in total. The fourth-order valence-corrected chi connectivity index (χ4v) is 3.56. The van der Waals surface area contributed by atoms with E-state index in [1.54, 1.807) is 0 Å². The molecule has 1 fully saturated rings. The van der Waals surface area contributed by atoms with E-state index < -0.39 is 0 Å². The standard InChI is InChI=1S/C23H38O2/c1-4-6-8-9-11-17-23(3)18-24-22(25-19-23)21-15-13-20(14-16-21)12-10-7-5-2/h13-16,22H,4-12,17-19H2,1-3H3. The molecule has 0 amide bonds. The van der Waals surface area contributed by atoms with Gasteiger partial charge in [-0.2, -0.15) is 0 Å². The summed E-state index contributed by atoms with van der Waals surface area (Å²) in [5.41, 5.74) is 2.76. The fourth-order valence-electron chi connectivity index (χ4n) is 3.56. The minimum atomic E-state index is -0.183. The summed E-state index contributed by atoms with van der Waals surface area (Å²) in [6, 6.07) is 8.83. The monoisotopic (exact) mass is 346 g/mol.